The van der Waals surface area contributed by atoms with Gasteiger partial charge in [0.2, 0.25) is 5.91 Å². The molecule has 0 fully saturated rings. The summed E-state index contributed by atoms with van der Waals surface area (Å²) >= 11 is 0. The minimum Gasteiger partial charge on any atom is -0.380 e. The van der Waals surface area contributed by atoms with Crippen molar-refractivity contribution in [3.63, 3.8) is 0 Å². The molecule has 0 bridgehead atoms. The molecule has 2 unspecified atom stereocenters. The monoisotopic (exact) mass is 326 g/mol. The molecule has 0 saturated heterocycles. The fraction of sp³-hybridized carbons (Fsp3) is 0.350. The van der Waals surface area contributed by atoms with Crippen LogP contribution in [-0.4, -0.2) is 25.7 Å². The van der Waals surface area contributed by atoms with Crippen molar-refractivity contribution in [2.24, 2.45) is 5.73 Å². The van der Waals surface area contributed by atoms with Crippen molar-refractivity contribution < 1.29 is 9.53 Å². The summed E-state index contributed by atoms with van der Waals surface area (Å²) in [6, 6.07) is 20.4. The van der Waals surface area contributed by atoms with Crippen molar-refractivity contribution in [2.45, 2.75) is 31.4 Å². The van der Waals surface area contributed by atoms with Gasteiger partial charge in [0, 0.05) is 13.7 Å². The molecule has 2 aromatic rings. The molecule has 0 heterocycles. The molecule has 0 spiro atoms. The van der Waals surface area contributed by atoms with E-state index >= 15 is 0 Å². The molecule has 128 valence electrons. The van der Waals surface area contributed by atoms with Crippen LogP contribution in [0.15, 0.2) is 60.7 Å². The molecule has 0 aliphatic heterocycles. The average Bonchev–Trinajstić information content (AvgIpc) is 2.64. The lowest BCUT2D eigenvalue weighted by Gasteiger charge is -2.21. The van der Waals surface area contributed by atoms with Gasteiger partial charge in [0.25, 0.3) is 0 Å². The molecule has 4 nitrogen and oxygen atoms in total. The maximum atomic E-state index is 12.3. The molecule has 2 aromatic carbocycles. The zero-order chi connectivity index (χ0) is 17.2. The van der Waals surface area contributed by atoms with Crippen LogP contribution in [0.2, 0.25) is 0 Å². The Bertz CT molecular complexity index is 598. The zero-order valence-corrected chi connectivity index (χ0v) is 14.2. The minimum absolute atomic E-state index is 0.0193. The fourth-order valence-corrected chi connectivity index (χ4v) is 2.69. The Balaban J connectivity index is 2.02. The molecule has 0 aliphatic rings. The van der Waals surface area contributed by atoms with E-state index in [1.807, 2.05) is 48.5 Å². The van der Waals surface area contributed by atoms with E-state index < -0.39 is 0 Å². The number of amides is 1. The van der Waals surface area contributed by atoms with Crippen LogP contribution < -0.4 is 11.1 Å². The Morgan fingerprint density at radius 1 is 1.08 bits per heavy atom. The van der Waals surface area contributed by atoms with Crippen molar-refractivity contribution in [3.8, 4) is 0 Å². The normalized spacial score (nSPS) is 13.2. The summed E-state index contributed by atoms with van der Waals surface area (Å²) in [5.74, 6) is -0.0331. The first-order chi connectivity index (χ1) is 11.7. The van der Waals surface area contributed by atoms with Gasteiger partial charge in [0.1, 0.15) is 0 Å². The summed E-state index contributed by atoms with van der Waals surface area (Å²) in [6.07, 6.45) is 1.79. The molecule has 24 heavy (non-hydrogen) atoms. The van der Waals surface area contributed by atoms with E-state index in [2.05, 4.69) is 17.4 Å². The Morgan fingerprint density at radius 3 is 2.29 bits per heavy atom. The molecule has 2 atom stereocenters. The number of nitrogens with one attached hydrogen (secondary N) is 1. The van der Waals surface area contributed by atoms with Gasteiger partial charge >= 0.3 is 0 Å². The van der Waals surface area contributed by atoms with Crippen molar-refractivity contribution in [1.82, 2.24) is 5.32 Å². The van der Waals surface area contributed by atoms with Crippen molar-refractivity contribution >= 4 is 5.91 Å². The highest BCUT2D eigenvalue weighted by Crippen LogP contribution is 2.19. The number of nitrogens with two attached hydrogens (primary N) is 1. The highest BCUT2D eigenvalue weighted by atomic mass is 16.5. The average molecular weight is 326 g/mol. The van der Waals surface area contributed by atoms with Crippen LogP contribution in [0.4, 0.5) is 0 Å². The van der Waals surface area contributed by atoms with Gasteiger partial charge in [0.15, 0.2) is 0 Å². The third kappa shape index (κ3) is 5.80. The number of hydrogen-bond acceptors (Lipinski definition) is 3. The van der Waals surface area contributed by atoms with Gasteiger partial charge in [-0.25, -0.2) is 0 Å². The van der Waals surface area contributed by atoms with Crippen molar-refractivity contribution in [3.05, 3.63) is 71.8 Å². The fourth-order valence-electron chi connectivity index (χ4n) is 2.69. The van der Waals surface area contributed by atoms with Crippen LogP contribution in [0.5, 0.6) is 0 Å². The van der Waals surface area contributed by atoms with E-state index in [1.54, 1.807) is 7.11 Å². The molecule has 2 rings (SSSR count). The predicted octanol–water partition coefficient (Wildman–Crippen LogP) is 2.84. The molecule has 1 amide bonds. The highest BCUT2D eigenvalue weighted by molar-refractivity contribution is 5.77. The number of benzene rings is 2. The van der Waals surface area contributed by atoms with Crippen LogP contribution >= 0.6 is 0 Å². The predicted molar refractivity (Wildman–Crippen MR) is 96.6 cm³/mol. The van der Waals surface area contributed by atoms with Gasteiger partial charge in [-0.1, -0.05) is 60.7 Å². The number of hydrogen-bond donors (Lipinski definition) is 2. The van der Waals surface area contributed by atoms with Crippen LogP contribution in [0.3, 0.4) is 0 Å². The Kier molecular flexibility index (Phi) is 7.46. The van der Waals surface area contributed by atoms with E-state index in [4.69, 9.17) is 10.5 Å². The van der Waals surface area contributed by atoms with Gasteiger partial charge in [-0.15, -0.1) is 0 Å². The van der Waals surface area contributed by atoms with E-state index in [0.717, 1.165) is 18.4 Å². The van der Waals surface area contributed by atoms with Gasteiger partial charge in [-0.3, -0.25) is 4.79 Å². The number of ether oxygens (including phenoxy) is 1. The summed E-state index contributed by atoms with van der Waals surface area (Å²) in [4.78, 5) is 12.3. The maximum Gasteiger partial charge on any atom is 0.223 e. The molecule has 0 aromatic heterocycles. The largest absolute Gasteiger partial charge is 0.380 e. The number of methoxy groups -OCH3 is 1. The first-order valence-electron chi connectivity index (χ1n) is 8.34. The zero-order valence-electron chi connectivity index (χ0n) is 14.2. The van der Waals surface area contributed by atoms with Crippen LogP contribution in [-0.2, 0) is 16.0 Å². The molecule has 3 N–H and O–H groups in total. The summed E-state index contributed by atoms with van der Waals surface area (Å²) in [5, 5.41) is 3.13. The lowest BCUT2D eigenvalue weighted by atomic mass is 9.98. The number of carbonyl (C=O) groups is 1. The number of carbonyl (C=O) groups excluding carboxylic acids is 1. The van der Waals surface area contributed by atoms with Gasteiger partial charge < -0.3 is 15.8 Å². The SMILES string of the molecule is COC(CN)CC(=O)NC(CCc1ccccc1)c1ccccc1. The Morgan fingerprint density at radius 2 is 1.71 bits per heavy atom. The second-order valence-corrected chi connectivity index (χ2v) is 5.85. The third-order valence-corrected chi connectivity index (χ3v) is 4.11. The minimum atomic E-state index is -0.240. The van der Waals surface area contributed by atoms with E-state index in [1.165, 1.54) is 5.56 Å². The second kappa shape index (κ2) is 9.85. The van der Waals surface area contributed by atoms with Gasteiger partial charge in [0.05, 0.1) is 18.6 Å². The third-order valence-electron chi connectivity index (χ3n) is 4.11. The molecule has 0 radical (unpaired) electrons. The molecular formula is C20H26N2O2. The van der Waals surface area contributed by atoms with Crippen LogP contribution in [0.25, 0.3) is 0 Å². The van der Waals surface area contributed by atoms with Crippen molar-refractivity contribution in [1.29, 1.82) is 0 Å². The Hall–Kier alpha value is -2.17. The van der Waals surface area contributed by atoms with Crippen molar-refractivity contribution in [2.75, 3.05) is 13.7 Å². The number of aryl methyl sites for hydroxylation is 1. The van der Waals surface area contributed by atoms with Gasteiger partial charge in [-0.2, -0.15) is 0 Å². The lowest BCUT2D eigenvalue weighted by Crippen LogP contribution is -2.34. The summed E-state index contributed by atoms with van der Waals surface area (Å²) in [6.45, 7) is 0.337. The van der Waals surface area contributed by atoms with Crippen LogP contribution in [0.1, 0.15) is 30.0 Å². The van der Waals surface area contributed by atoms with Gasteiger partial charge in [-0.05, 0) is 24.0 Å². The first-order valence-corrected chi connectivity index (χ1v) is 8.34. The second-order valence-electron chi connectivity index (χ2n) is 5.85. The first kappa shape index (κ1) is 18.2. The smallest absolute Gasteiger partial charge is 0.223 e. The quantitative estimate of drug-likeness (QED) is 0.745. The summed E-state index contributed by atoms with van der Waals surface area (Å²) in [7, 11) is 1.58. The maximum absolute atomic E-state index is 12.3. The highest BCUT2D eigenvalue weighted by Gasteiger charge is 2.17. The summed E-state index contributed by atoms with van der Waals surface area (Å²) < 4.78 is 5.20. The molecule has 0 aliphatic carbocycles. The standard InChI is InChI=1S/C20H26N2O2/c1-24-18(15-21)14-20(23)22-19(17-10-6-3-7-11-17)13-12-16-8-4-2-5-9-16/h2-11,18-19H,12-15,21H2,1H3,(H,22,23). The molecular weight excluding hydrogens is 300 g/mol. The van der Waals surface area contributed by atoms with E-state index in [9.17, 15) is 4.79 Å². The van der Waals surface area contributed by atoms with E-state index in [0.29, 0.717) is 6.54 Å². The van der Waals surface area contributed by atoms with E-state index in [-0.39, 0.29) is 24.5 Å². The molecule has 0 saturated carbocycles. The van der Waals surface area contributed by atoms with Crippen LogP contribution in [0, 0.1) is 0 Å². The topological polar surface area (TPSA) is 64.3 Å². The molecule has 4 heteroatoms. The summed E-state index contributed by atoms with van der Waals surface area (Å²) in [5.41, 5.74) is 7.99. The number of rotatable bonds is 9. The Labute approximate surface area is 144 Å². The lowest BCUT2D eigenvalue weighted by molar-refractivity contribution is -0.124.